The van der Waals surface area contributed by atoms with Crippen molar-refractivity contribution in [1.29, 1.82) is 0 Å². The lowest BCUT2D eigenvalue weighted by Gasteiger charge is -2.42. The minimum atomic E-state index is 0.997. The van der Waals surface area contributed by atoms with Crippen LogP contribution in [0.2, 0.25) is 0 Å². The van der Waals surface area contributed by atoms with Crippen LogP contribution >= 0.6 is 0 Å². The molecule has 5 aliphatic rings. The van der Waals surface area contributed by atoms with Gasteiger partial charge in [0.05, 0.1) is 0 Å². The summed E-state index contributed by atoms with van der Waals surface area (Å²) in [5.41, 5.74) is 0. The first-order valence-electron chi connectivity index (χ1n) is 8.27. The first-order valence-corrected chi connectivity index (χ1v) is 8.27. The zero-order valence-corrected chi connectivity index (χ0v) is 11.2. The van der Waals surface area contributed by atoms with E-state index in [9.17, 15) is 0 Å². The molecule has 0 nitrogen and oxygen atoms in total. The highest BCUT2D eigenvalue weighted by atomic mass is 14.7. The zero-order chi connectivity index (χ0) is 11.7. The molecule has 0 heteroatoms. The van der Waals surface area contributed by atoms with E-state index in [1.165, 1.54) is 32.1 Å². The van der Waals surface area contributed by atoms with Gasteiger partial charge in [0.1, 0.15) is 0 Å². The van der Waals surface area contributed by atoms with Crippen molar-refractivity contribution in [2.75, 3.05) is 0 Å². The third kappa shape index (κ3) is 1.13. The van der Waals surface area contributed by atoms with Gasteiger partial charge >= 0.3 is 0 Å². The summed E-state index contributed by atoms with van der Waals surface area (Å²) in [5, 5.41) is 0. The predicted octanol–water partition coefficient (Wildman–Crippen LogP) is 4.44. The molecule has 5 aliphatic carbocycles. The van der Waals surface area contributed by atoms with Crippen molar-refractivity contribution in [3.8, 4) is 0 Å². The Balaban J connectivity index is 1.51. The standard InChI is InChI=1S/C18H24/c1-2-4-6-14-13(5-3-1)15-10-16(14)18-12-8-7-11(9-12)17(15)18/h1-2,7-8,11-18H,3-6,9-10H2/b2-1-. The Morgan fingerprint density at radius 3 is 1.72 bits per heavy atom. The maximum atomic E-state index is 2.59. The summed E-state index contributed by atoms with van der Waals surface area (Å²) >= 11 is 0. The minimum Gasteiger partial charge on any atom is -0.0885 e. The van der Waals surface area contributed by atoms with Crippen molar-refractivity contribution >= 4 is 0 Å². The van der Waals surface area contributed by atoms with Gasteiger partial charge in [0, 0.05) is 0 Å². The van der Waals surface area contributed by atoms with Gasteiger partial charge in [-0.15, -0.1) is 0 Å². The molecule has 0 spiro atoms. The summed E-state index contributed by atoms with van der Waals surface area (Å²) in [6, 6.07) is 0. The molecular formula is C18H24. The molecule has 0 heterocycles. The van der Waals surface area contributed by atoms with Crippen molar-refractivity contribution in [3.63, 3.8) is 0 Å². The molecule has 0 aromatic rings. The average molecular weight is 240 g/mol. The molecule has 0 aromatic carbocycles. The monoisotopic (exact) mass is 240 g/mol. The first-order chi connectivity index (χ1) is 8.93. The highest BCUT2D eigenvalue weighted by Crippen LogP contribution is 2.70. The number of hydrogen-bond acceptors (Lipinski definition) is 0. The van der Waals surface area contributed by atoms with Gasteiger partial charge in [-0.05, 0) is 85.9 Å². The molecule has 96 valence electrons. The molecule has 0 radical (unpaired) electrons. The van der Waals surface area contributed by atoms with Crippen LogP contribution in [0.25, 0.3) is 0 Å². The van der Waals surface area contributed by atoms with Crippen molar-refractivity contribution in [2.45, 2.75) is 38.5 Å². The first kappa shape index (κ1) is 10.3. The SMILES string of the molecule is C1=CC2CC1C1C3CC(C4CC/C=C\CCC43)C21. The molecule has 4 bridgehead atoms. The predicted molar refractivity (Wildman–Crippen MR) is 73.9 cm³/mol. The fourth-order valence-corrected chi connectivity index (χ4v) is 6.96. The van der Waals surface area contributed by atoms with Crippen LogP contribution in [0.15, 0.2) is 24.3 Å². The van der Waals surface area contributed by atoms with Crippen LogP contribution in [-0.4, -0.2) is 0 Å². The maximum absolute atomic E-state index is 2.59. The Labute approximate surface area is 111 Å². The van der Waals surface area contributed by atoms with Crippen molar-refractivity contribution in [3.05, 3.63) is 24.3 Å². The Morgan fingerprint density at radius 1 is 0.611 bits per heavy atom. The molecule has 8 atom stereocenters. The van der Waals surface area contributed by atoms with Crippen LogP contribution in [-0.2, 0) is 0 Å². The Morgan fingerprint density at radius 2 is 1.17 bits per heavy atom. The second kappa shape index (κ2) is 3.52. The van der Waals surface area contributed by atoms with Crippen LogP contribution in [0.4, 0.5) is 0 Å². The van der Waals surface area contributed by atoms with E-state index in [1.807, 2.05) is 0 Å². The van der Waals surface area contributed by atoms with Crippen LogP contribution in [0.3, 0.4) is 0 Å². The minimum absolute atomic E-state index is 0.997. The molecule has 0 amide bonds. The maximum Gasteiger partial charge on any atom is -0.0194 e. The van der Waals surface area contributed by atoms with Crippen LogP contribution < -0.4 is 0 Å². The lowest BCUT2D eigenvalue weighted by atomic mass is 9.62. The number of fused-ring (bicyclic) bond motifs is 12. The number of hydrogen-bond donors (Lipinski definition) is 0. The largest absolute Gasteiger partial charge is 0.0885 e. The topological polar surface area (TPSA) is 0 Å². The van der Waals surface area contributed by atoms with Crippen molar-refractivity contribution < 1.29 is 0 Å². The van der Waals surface area contributed by atoms with Gasteiger partial charge in [-0.2, -0.15) is 0 Å². The molecule has 0 N–H and O–H groups in total. The Bertz CT molecular complexity index is 382. The van der Waals surface area contributed by atoms with E-state index in [0.29, 0.717) is 0 Å². The second-order valence-electron chi connectivity index (χ2n) is 7.62. The van der Waals surface area contributed by atoms with Gasteiger partial charge in [-0.3, -0.25) is 0 Å². The molecular weight excluding hydrogens is 216 g/mol. The van der Waals surface area contributed by atoms with Crippen molar-refractivity contribution in [2.24, 2.45) is 47.3 Å². The average Bonchev–Trinajstić information content (AvgIpc) is 3.03. The van der Waals surface area contributed by atoms with Gasteiger partial charge < -0.3 is 0 Å². The molecule has 0 aliphatic heterocycles. The molecule has 3 saturated carbocycles. The van der Waals surface area contributed by atoms with E-state index in [1.54, 1.807) is 6.42 Å². The molecule has 18 heavy (non-hydrogen) atoms. The van der Waals surface area contributed by atoms with E-state index in [2.05, 4.69) is 24.3 Å². The Kier molecular flexibility index (Phi) is 2.01. The quantitative estimate of drug-likeness (QED) is 0.434. The zero-order valence-electron chi connectivity index (χ0n) is 11.2. The molecule has 3 fully saturated rings. The third-order valence-electron chi connectivity index (χ3n) is 7.27. The van der Waals surface area contributed by atoms with Gasteiger partial charge in [-0.25, -0.2) is 0 Å². The summed E-state index contributed by atoms with van der Waals surface area (Å²) in [4.78, 5) is 0. The summed E-state index contributed by atoms with van der Waals surface area (Å²) in [6.45, 7) is 0. The third-order valence-corrected chi connectivity index (χ3v) is 7.27. The normalized spacial score (nSPS) is 61.3. The summed E-state index contributed by atoms with van der Waals surface area (Å²) in [7, 11) is 0. The summed E-state index contributed by atoms with van der Waals surface area (Å²) in [6.07, 6.45) is 19.0. The Hall–Kier alpha value is -0.520. The van der Waals surface area contributed by atoms with E-state index in [-0.39, 0.29) is 0 Å². The molecule has 8 unspecified atom stereocenters. The number of allylic oxidation sites excluding steroid dienone is 4. The fourth-order valence-electron chi connectivity index (χ4n) is 6.96. The van der Waals surface area contributed by atoms with E-state index >= 15 is 0 Å². The lowest BCUT2D eigenvalue weighted by molar-refractivity contribution is 0.0772. The van der Waals surface area contributed by atoms with Gasteiger partial charge in [-0.1, -0.05) is 24.3 Å². The van der Waals surface area contributed by atoms with Gasteiger partial charge in [0.2, 0.25) is 0 Å². The van der Waals surface area contributed by atoms with Crippen LogP contribution in [0.5, 0.6) is 0 Å². The van der Waals surface area contributed by atoms with Crippen molar-refractivity contribution in [1.82, 2.24) is 0 Å². The van der Waals surface area contributed by atoms with Crippen LogP contribution in [0.1, 0.15) is 38.5 Å². The summed E-state index contributed by atoms with van der Waals surface area (Å²) in [5.74, 6) is 8.69. The van der Waals surface area contributed by atoms with E-state index in [4.69, 9.17) is 0 Å². The number of rotatable bonds is 0. The fraction of sp³-hybridized carbons (Fsp3) is 0.778. The molecule has 0 saturated heterocycles. The smallest absolute Gasteiger partial charge is 0.0194 e. The van der Waals surface area contributed by atoms with E-state index in [0.717, 1.165) is 47.3 Å². The van der Waals surface area contributed by atoms with Gasteiger partial charge in [0.25, 0.3) is 0 Å². The lowest BCUT2D eigenvalue weighted by Crippen LogP contribution is -2.37. The summed E-state index contributed by atoms with van der Waals surface area (Å²) < 4.78 is 0. The molecule has 5 rings (SSSR count). The van der Waals surface area contributed by atoms with Crippen LogP contribution in [0, 0.1) is 47.3 Å². The molecule has 0 aromatic heterocycles. The highest BCUT2D eigenvalue weighted by Gasteiger charge is 2.63. The van der Waals surface area contributed by atoms with Gasteiger partial charge in [0.15, 0.2) is 0 Å². The highest BCUT2D eigenvalue weighted by molar-refractivity contribution is 5.22. The second-order valence-corrected chi connectivity index (χ2v) is 7.62. The van der Waals surface area contributed by atoms with E-state index < -0.39 is 0 Å².